The topological polar surface area (TPSA) is 55.8 Å². The number of rotatable bonds is 6. The highest BCUT2D eigenvalue weighted by molar-refractivity contribution is 5.67. The lowest BCUT2D eigenvalue weighted by atomic mass is 10.0. The van der Waals surface area contributed by atoms with E-state index in [1.165, 1.54) is 12.1 Å². The number of hydrogen-bond acceptors (Lipinski definition) is 3. The molecule has 0 spiro atoms. The summed E-state index contributed by atoms with van der Waals surface area (Å²) in [5.74, 6) is 0.254. The average molecular weight is 344 g/mol. The largest absolute Gasteiger partial charge is 0.489 e. The first kappa shape index (κ1) is 17.3. The van der Waals surface area contributed by atoms with E-state index in [1.807, 2.05) is 26.0 Å². The van der Waals surface area contributed by atoms with Crippen LogP contribution in [-0.4, -0.2) is 16.7 Å². The molecule has 0 bridgehead atoms. The van der Waals surface area contributed by atoms with Gasteiger partial charge in [0.05, 0.1) is 0 Å². The second-order valence-electron chi connectivity index (χ2n) is 6.92. The predicted molar refractivity (Wildman–Crippen MR) is 91.5 cm³/mol. The van der Waals surface area contributed by atoms with Crippen LogP contribution >= 0.6 is 0 Å². The van der Waals surface area contributed by atoms with Crippen LogP contribution in [0.3, 0.4) is 0 Å². The van der Waals surface area contributed by atoms with Crippen molar-refractivity contribution in [3.63, 3.8) is 0 Å². The quantitative estimate of drug-likeness (QED) is 0.856. The van der Waals surface area contributed by atoms with Crippen LogP contribution in [0, 0.1) is 5.82 Å². The molecule has 2 aromatic rings. The van der Waals surface area contributed by atoms with E-state index in [1.54, 1.807) is 12.1 Å². The number of halogens is 1. The second kappa shape index (κ2) is 6.75. The molecule has 0 saturated carbocycles. The van der Waals surface area contributed by atoms with Crippen LogP contribution in [0.15, 0.2) is 36.4 Å². The predicted octanol–water partition coefficient (Wildman–Crippen LogP) is 4.14. The Kier molecular flexibility index (Phi) is 4.66. The maximum absolute atomic E-state index is 13.8. The van der Waals surface area contributed by atoms with Crippen LogP contribution in [-0.2, 0) is 24.2 Å². The molecule has 3 rings (SSSR count). The molecule has 4 nitrogen and oxygen atoms in total. The summed E-state index contributed by atoms with van der Waals surface area (Å²) in [6.07, 6.45) is 1.25. The zero-order valence-electron chi connectivity index (χ0n) is 14.3. The van der Waals surface area contributed by atoms with Crippen LogP contribution in [0.2, 0.25) is 0 Å². The number of aryl methyl sites for hydroxylation is 1. The van der Waals surface area contributed by atoms with Gasteiger partial charge in [-0.3, -0.25) is 4.79 Å². The molecule has 5 heteroatoms. The number of benzene rings is 2. The van der Waals surface area contributed by atoms with Crippen molar-refractivity contribution in [2.45, 2.75) is 45.3 Å². The number of hydrogen-bond donors (Lipinski definition) is 1. The summed E-state index contributed by atoms with van der Waals surface area (Å²) in [5.41, 5.74) is 2.16. The molecule has 1 heterocycles. The van der Waals surface area contributed by atoms with Gasteiger partial charge in [-0.1, -0.05) is 12.1 Å². The van der Waals surface area contributed by atoms with Crippen molar-refractivity contribution in [1.29, 1.82) is 0 Å². The smallest absolute Gasteiger partial charge is 0.303 e. The van der Waals surface area contributed by atoms with Gasteiger partial charge in [0.15, 0.2) is 0 Å². The third kappa shape index (κ3) is 4.29. The van der Waals surface area contributed by atoms with E-state index in [0.717, 1.165) is 11.1 Å². The third-order valence-corrected chi connectivity index (χ3v) is 4.15. The number of aliphatic carboxylic acids is 1. The molecule has 25 heavy (non-hydrogen) atoms. The van der Waals surface area contributed by atoms with Crippen LogP contribution in [0.25, 0.3) is 0 Å². The van der Waals surface area contributed by atoms with Crippen molar-refractivity contribution in [3.05, 3.63) is 58.9 Å². The normalized spacial score (nSPS) is 14.7. The first-order valence-corrected chi connectivity index (χ1v) is 8.26. The third-order valence-electron chi connectivity index (χ3n) is 4.15. The minimum absolute atomic E-state index is 0.1000. The first-order chi connectivity index (χ1) is 11.8. The maximum atomic E-state index is 13.8. The Balaban J connectivity index is 1.67. The zero-order valence-corrected chi connectivity index (χ0v) is 14.3. The van der Waals surface area contributed by atoms with E-state index in [9.17, 15) is 9.18 Å². The van der Waals surface area contributed by atoms with Gasteiger partial charge in [0.1, 0.15) is 29.5 Å². The lowest BCUT2D eigenvalue weighted by Gasteiger charge is -2.18. The lowest BCUT2D eigenvalue weighted by molar-refractivity contribution is -0.136. The molecule has 2 aromatic carbocycles. The van der Waals surface area contributed by atoms with Crippen LogP contribution in [0.4, 0.5) is 4.39 Å². The van der Waals surface area contributed by atoms with Gasteiger partial charge in [-0.25, -0.2) is 4.39 Å². The van der Waals surface area contributed by atoms with Crippen LogP contribution < -0.4 is 9.47 Å². The highest BCUT2D eigenvalue weighted by Gasteiger charge is 2.32. The minimum atomic E-state index is -0.816. The van der Waals surface area contributed by atoms with E-state index in [4.69, 9.17) is 14.6 Å². The Morgan fingerprint density at radius 2 is 2.00 bits per heavy atom. The van der Waals surface area contributed by atoms with E-state index in [2.05, 4.69) is 0 Å². The fourth-order valence-electron chi connectivity index (χ4n) is 3.02. The van der Waals surface area contributed by atoms with Crippen molar-refractivity contribution in [3.8, 4) is 11.5 Å². The summed E-state index contributed by atoms with van der Waals surface area (Å²) in [4.78, 5) is 10.6. The Morgan fingerprint density at radius 3 is 2.68 bits per heavy atom. The van der Waals surface area contributed by atoms with Gasteiger partial charge < -0.3 is 14.6 Å². The fraction of sp³-hybridized carbons (Fsp3) is 0.350. The average Bonchev–Trinajstić information content (AvgIpc) is 2.85. The molecule has 0 saturated heterocycles. The van der Waals surface area contributed by atoms with E-state index in [-0.39, 0.29) is 24.4 Å². The summed E-state index contributed by atoms with van der Waals surface area (Å²) >= 11 is 0. The number of carboxylic acid groups (broad SMARTS) is 1. The maximum Gasteiger partial charge on any atom is 0.303 e. The molecule has 1 aliphatic heterocycles. The number of carbonyl (C=O) groups is 1. The highest BCUT2D eigenvalue weighted by atomic mass is 19.1. The summed E-state index contributed by atoms with van der Waals surface area (Å²) < 4.78 is 25.5. The lowest BCUT2D eigenvalue weighted by Crippen LogP contribution is -2.25. The molecule has 132 valence electrons. The Hall–Kier alpha value is -2.56. The van der Waals surface area contributed by atoms with Crippen molar-refractivity contribution in [1.82, 2.24) is 0 Å². The van der Waals surface area contributed by atoms with Gasteiger partial charge in [-0.05, 0) is 50.1 Å². The molecule has 0 unspecified atom stereocenters. The van der Waals surface area contributed by atoms with E-state index >= 15 is 0 Å². The molecule has 1 aliphatic rings. The zero-order chi connectivity index (χ0) is 18.0. The van der Waals surface area contributed by atoms with Gasteiger partial charge in [-0.15, -0.1) is 0 Å². The summed E-state index contributed by atoms with van der Waals surface area (Å²) in [6.45, 7) is 4.17. The van der Waals surface area contributed by atoms with E-state index in [0.29, 0.717) is 29.9 Å². The van der Waals surface area contributed by atoms with Crippen molar-refractivity contribution in [2.75, 3.05) is 0 Å². The molecular formula is C20H21FO4. The number of carboxylic acids is 1. The summed E-state index contributed by atoms with van der Waals surface area (Å²) in [5, 5.41) is 8.71. The second-order valence-corrected chi connectivity index (χ2v) is 6.92. The Bertz CT molecular complexity index is 781. The monoisotopic (exact) mass is 344 g/mol. The summed E-state index contributed by atoms with van der Waals surface area (Å²) in [7, 11) is 0. The highest BCUT2D eigenvalue weighted by Crippen LogP contribution is 2.38. The molecule has 1 N–H and O–H groups in total. The van der Waals surface area contributed by atoms with Gasteiger partial charge in [0.2, 0.25) is 0 Å². The first-order valence-electron chi connectivity index (χ1n) is 8.26. The van der Waals surface area contributed by atoms with Gasteiger partial charge in [-0.2, -0.15) is 0 Å². The van der Waals surface area contributed by atoms with Crippen molar-refractivity contribution in [2.24, 2.45) is 0 Å². The minimum Gasteiger partial charge on any atom is -0.489 e. The molecule has 0 atom stereocenters. The molecule has 0 amide bonds. The van der Waals surface area contributed by atoms with Crippen LogP contribution in [0.1, 0.15) is 37.0 Å². The number of ether oxygens (including phenoxy) is 2. The van der Waals surface area contributed by atoms with Crippen molar-refractivity contribution < 1.29 is 23.8 Å². The Labute approximate surface area is 146 Å². The van der Waals surface area contributed by atoms with Gasteiger partial charge in [0, 0.05) is 24.0 Å². The van der Waals surface area contributed by atoms with E-state index < -0.39 is 5.97 Å². The fourth-order valence-corrected chi connectivity index (χ4v) is 3.02. The molecule has 0 radical (unpaired) electrons. The van der Waals surface area contributed by atoms with Gasteiger partial charge >= 0.3 is 5.97 Å². The van der Waals surface area contributed by atoms with Crippen LogP contribution in [0.5, 0.6) is 11.5 Å². The molecular weight excluding hydrogens is 323 g/mol. The van der Waals surface area contributed by atoms with Gasteiger partial charge in [0.25, 0.3) is 0 Å². The molecule has 0 fully saturated rings. The molecule has 0 aromatic heterocycles. The SMILES string of the molecule is CC1(C)Cc2cc(F)cc(COc3ccc(CCC(=O)O)cc3)c2O1. The standard InChI is InChI=1S/C20H21FO4/c1-20(2)11-14-9-16(21)10-15(19(14)25-20)12-24-17-6-3-13(4-7-17)5-8-18(22)23/h3-4,6-7,9-10H,5,8,11-12H2,1-2H3,(H,22,23). The van der Waals surface area contributed by atoms with Crippen molar-refractivity contribution >= 4 is 5.97 Å². The number of fused-ring (bicyclic) bond motifs is 1. The molecule has 0 aliphatic carbocycles. The summed E-state index contributed by atoms with van der Waals surface area (Å²) in [6, 6.07) is 10.2. The Morgan fingerprint density at radius 1 is 1.28 bits per heavy atom.